The van der Waals surface area contributed by atoms with Gasteiger partial charge in [0.1, 0.15) is 0 Å². The predicted octanol–water partition coefficient (Wildman–Crippen LogP) is 6.73. The van der Waals surface area contributed by atoms with Crippen molar-refractivity contribution in [1.82, 2.24) is 4.67 Å². The number of para-hydroxylation sites is 1. The first-order valence-corrected chi connectivity index (χ1v) is 13.3. The summed E-state index contributed by atoms with van der Waals surface area (Å²) in [6, 6.07) is 11.8. The fraction of sp³-hybridized carbons (Fsp3) is 0.556. The van der Waals surface area contributed by atoms with E-state index in [1.54, 1.807) is 11.0 Å². The monoisotopic (exact) mass is 397 g/mol. The Morgan fingerprint density at radius 1 is 1.20 bits per heavy atom. The van der Waals surface area contributed by atoms with Crippen LogP contribution >= 0.6 is 28.5 Å². The van der Waals surface area contributed by atoms with Crippen LogP contribution in [0.2, 0.25) is 0 Å². The first kappa shape index (κ1) is 22.2. The SMILES string of the molecule is CCC(C)SP(=O)(SC(C)CC)N(C=Nc1ccccc1)CCC#N. The zero-order valence-corrected chi connectivity index (χ0v) is 18.0. The van der Waals surface area contributed by atoms with Gasteiger partial charge in [0.25, 0.3) is 5.70 Å². The molecule has 138 valence electrons. The largest absolute Gasteiger partial charge is 0.296 e. The van der Waals surface area contributed by atoms with E-state index in [9.17, 15) is 4.57 Å². The van der Waals surface area contributed by atoms with Crippen LogP contribution in [0.4, 0.5) is 5.69 Å². The molecule has 2 unspecified atom stereocenters. The Morgan fingerprint density at radius 3 is 2.24 bits per heavy atom. The smallest absolute Gasteiger partial charge is 0.281 e. The van der Waals surface area contributed by atoms with Crippen LogP contribution in [0, 0.1) is 11.3 Å². The number of nitrogens with zero attached hydrogens (tertiary/aromatic N) is 3. The lowest BCUT2D eigenvalue weighted by Gasteiger charge is -2.31. The Balaban J connectivity index is 3.11. The Hall–Kier alpha value is -0.890. The molecule has 0 aliphatic rings. The summed E-state index contributed by atoms with van der Waals surface area (Å²) >= 11 is 3.06. The van der Waals surface area contributed by atoms with E-state index in [2.05, 4.69) is 38.8 Å². The molecule has 0 fully saturated rings. The van der Waals surface area contributed by atoms with Gasteiger partial charge in [0, 0.05) is 17.0 Å². The Labute approximate surface area is 160 Å². The van der Waals surface area contributed by atoms with Crippen molar-refractivity contribution in [3.8, 4) is 6.07 Å². The van der Waals surface area contributed by atoms with Crippen molar-refractivity contribution >= 4 is 40.5 Å². The average Bonchev–Trinajstić information content (AvgIpc) is 2.62. The molecule has 0 aromatic heterocycles. The molecule has 4 nitrogen and oxygen atoms in total. The van der Waals surface area contributed by atoms with Gasteiger partial charge in [-0.2, -0.15) is 5.26 Å². The van der Waals surface area contributed by atoms with Crippen molar-refractivity contribution in [1.29, 1.82) is 5.26 Å². The molecule has 0 saturated heterocycles. The number of nitriles is 1. The molecule has 25 heavy (non-hydrogen) atoms. The molecule has 0 heterocycles. The Bertz CT molecular complexity index is 602. The number of aliphatic imine (C=N–C) groups is 1. The second-order valence-corrected chi connectivity index (χ2v) is 14.2. The van der Waals surface area contributed by atoms with E-state index < -0.39 is 5.70 Å². The van der Waals surface area contributed by atoms with E-state index in [-0.39, 0.29) is 10.5 Å². The van der Waals surface area contributed by atoms with Gasteiger partial charge in [0.05, 0.1) is 24.5 Å². The quantitative estimate of drug-likeness (QED) is 0.235. The molecule has 0 spiro atoms. The topological polar surface area (TPSA) is 56.5 Å². The zero-order valence-electron chi connectivity index (χ0n) is 15.5. The summed E-state index contributed by atoms with van der Waals surface area (Å²) in [4.78, 5) is 4.48. The van der Waals surface area contributed by atoms with Crippen LogP contribution in [-0.4, -0.2) is 28.1 Å². The van der Waals surface area contributed by atoms with Gasteiger partial charge in [-0.25, -0.2) is 4.99 Å². The maximum atomic E-state index is 13.8. The lowest BCUT2D eigenvalue weighted by molar-refractivity contribution is 0.550. The molecule has 1 rings (SSSR count). The minimum absolute atomic E-state index is 0.289. The van der Waals surface area contributed by atoms with E-state index in [1.165, 1.54) is 22.8 Å². The van der Waals surface area contributed by atoms with E-state index in [0.717, 1.165) is 18.5 Å². The summed E-state index contributed by atoms with van der Waals surface area (Å²) in [5.41, 5.74) is -1.96. The third-order valence-electron chi connectivity index (χ3n) is 3.64. The minimum atomic E-state index is -2.78. The van der Waals surface area contributed by atoms with Gasteiger partial charge in [0.15, 0.2) is 0 Å². The van der Waals surface area contributed by atoms with Gasteiger partial charge >= 0.3 is 0 Å². The molecule has 2 atom stereocenters. The number of benzene rings is 1. The Kier molecular flexibility index (Phi) is 10.3. The highest BCUT2D eigenvalue weighted by Gasteiger charge is 2.34. The van der Waals surface area contributed by atoms with Crippen molar-refractivity contribution in [3.05, 3.63) is 30.3 Å². The summed E-state index contributed by atoms with van der Waals surface area (Å²) in [7, 11) is 0. The van der Waals surface area contributed by atoms with Crippen molar-refractivity contribution in [2.24, 2.45) is 4.99 Å². The summed E-state index contributed by atoms with van der Waals surface area (Å²) in [6.45, 7) is 8.84. The summed E-state index contributed by atoms with van der Waals surface area (Å²) in [6.07, 6.45) is 3.90. The highest BCUT2D eigenvalue weighted by atomic mass is 33.1. The molecule has 7 heteroatoms. The fourth-order valence-electron chi connectivity index (χ4n) is 1.81. The van der Waals surface area contributed by atoms with E-state index in [0.29, 0.717) is 13.0 Å². The summed E-state index contributed by atoms with van der Waals surface area (Å²) in [5, 5.41) is 9.58. The first-order valence-electron chi connectivity index (χ1n) is 8.65. The second-order valence-electron chi connectivity index (χ2n) is 5.77. The minimum Gasteiger partial charge on any atom is -0.296 e. The highest BCUT2D eigenvalue weighted by Crippen LogP contribution is 2.73. The van der Waals surface area contributed by atoms with Crippen LogP contribution in [0.3, 0.4) is 0 Å². The normalized spacial score (nSPS) is 16.1. The van der Waals surface area contributed by atoms with Crippen LogP contribution in [-0.2, 0) is 4.57 Å². The van der Waals surface area contributed by atoms with Crippen LogP contribution in [0.25, 0.3) is 0 Å². The molecule has 0 radical (unpaired) electrons. The molecule has 0 aliphatic heterocycles. The van der Waals surface area contributed by atoms with E-state index >= 15 is 0 Å². The zero-order chi connectivity index (χ0) is 18.7. The van der Waals surface area contributed by atoms with Crippen molar-refractivity contribution in [3.63, 3.8) is 0 Å². The van der Waals surface area contributed by atoms with Gasteiger partial charge in [-0.3, -0.25) is 9.24 Å². The molecule has 0 bridgehead atoms. The number of rotatable bonds is 11. The van der Waals surface area contributed by atoms with Gasteiger partial charge in [0.2, 0.25) is 0 Å². The third-order valence-corrected chi connectivity index (χ3v) is 13.1. The van der Waals surface area contributed by atoms with Gasteiger partial charge in [-0.05, 0) is 25.0 Å². The van der Waals surface area contributed by atoms with Crippen molar-refractivity contribution in [2.75, 3.05) is 6.54 Å². The molecule has 0 aliphatic carbocycles. The van der Waals surface area contributed by atoms with Crippen LogP contribution in [0.5, 0.6) is 0 Å². The Morgan fingerprint density at radius 2 is 1.76 bits per heavy atom. The summed E-state index contributed by atoms with van der Waals surface area (Å²) < 4.78 is 15.6. The molecule has 0 amide bonds. The summed E-state index contributed by atoms with van der Waals surface area (Å²) in [5.74, 6) is 0. The lowest BCUT2D eigenvalue weighted by Crippen LogP contribution is -2.19. The van der Waals surface area contributed by atoms with Crippen LogP contribution in [0.1, 0.15) is 47.0 Å². The van der Waals surface area contributed by atoms with E-state index in [1.807, 2.05) is 30.3 Å². The lowest BCUT2D eigenvalue weighted by atomic mass is 10.3. The predicted molar refractivity (Wildman–Crippen MR) is 114 cm³/mol. The van der Waals surface area contributed by atoms with E-state index in [4.69, 9.17) is 5.26 Å². The molecular formula is C18H28N3OPS2. The van der Waals surface area contributed by atoms with Gasteiger partial charge in [-0.1, -0.05) is 68.7 Å². The van der Waals surface area contributed by atoms with Crippen molar-refractivity contribution in [2.45, 2.75) is 57.5 Å². The molecule has 1 aromatic carbocycles. The number of hydrogen-bond donors (Lipinski definition) is 0. The maximum absolute atomic E-state index is 13.8. The van der Waals surface area contributed by atoms with Crippen molar-refractivity contribution < 1.29 is 4.57 Å². The first-order chi connectivity index (χ1) is 11.9. The van der Waals surface area contributed by atoms with Crippen LogP contribution < -0.4 is 0 Å². The molecule has 0 saturated carbocycles. The fourth-order valence-corrected chi connectivity index (χ4v) is 12.2. The highest BCUT2D eigenvalue weighted by molar-refractivity contribution is 8.90. The molecule has 1 aromatic rings. The number of hydrogen-bond acceptors (Lipinski definition) is 5. The van der Waals surface area contributed by atoms with Gasteiger partial charge < -0.3 is 0 Å². The molecular weight excluding hydrogens is 369 g/mol. The average molecular weight is 398 g/mol. The van der Waals surface area contributed by atoms with Gasteiger partial charge in [-0.15, -0.1) is 0 Å². The maximum Gasteiger partial charge on any atom is 0.281 e. The molecule has 0 N–H and O–H groups in total. The third kappa shape index (κ3) is 7.90. The second kappa shape index (κ2) is 11.7. The standard InChI is InChI=1S/C18H28N3OPS2/c1-5-16(3)24-23(22,25-17(4)6-2)21(14-10-13-19)15-20-18-11-8-7-9-12-18/h7-9,11-12,15-17H,5-6,10,14H2,1-4H3. The van der Waals surface area contributed by atoms with Crippen LogP contribution in [0.15, 0.2) is 35.3 Å².